The van der Waals surface area contributed by atoms with Gasteiger partial charge >= 0.3 is 0 Å². The Morgan fingerprint density at radius 1 is 0.654 bits per heavy atom. The molecule has 52 heavy (non-hydrogen) atoms. The molecular formula is C48H38N4. The first-order chi connectivity index (χ1) is 25.8. The van der Waals surface area contributed by atoms with Crippen molar-refractivity contribution in [2.45, 2.75) is 31.8 Å². The molecule has 0 fully saturated rings. The number of benzene rings is 5. The number of allylic oxidation sites excluding steroid dienone is 11. The average molecular weight is 671 g/mol. The summed E-state index contributed by atoms with van der Waals surface area (Å²) in [5.74, 6) is 1.04. The lowest BCUT2D eigenvalue weighted by Gasteiger charge is -2.32. The summed E-state index contributed by atoms with van der Waals surface area (Å²) < 4.78 is 5.05. The summed E-state index contributed by atoms with van der Waals surface area (Å²) in [6.07, 6.45) is 27.0. The quantitative estimate of drug-likeness (QED) is 0.199. The van der Waals surface area contributed by atoms with Gasteiger partial charge in [-0.3, -0.25) is 0 Å². The largest absolute Gasteiger partial charge is 0.358 e. The Hall–Kier alpha value is -6.13. The number of hydrogen-bond donors (Lipinski definition) is 1. The molecule has 3 aliphatic carbocycles. The Labute approximate surface area is 302 Å². The molecule has 3 heterocycles. The van der Waals surface area contributed by atoms with Gasteiger partial charge in [0.15, 0.2) is 0 Å². The van der Waals surface area contributed by atoms with Crippen LogP contribution in [0, 0.1) is 11.8 Å². The van der Waals surface area contributed by atoms with Crippen molar-refractivity contribution in [3.05, 3.63) is 163 Å². The Bertz CT molecular complexity index is 2840. The maximum absolute atomic E-state index is 5.45. The molecule has 0 bridgehead atoms. The standard InChI is InChI=1S/C48H38N4/c1-3-13-31(14-4-1)32-23-25-34(26-24-32)47-48(50-41-21-11-10-20-40(41)49-47)52-42-22-12-9-19-37(42)38-29-39-45(30-44(38)52)51(35-16-5-2-6-17-35)43-28-27-33-15-7-8-18-36(33)46(39)43/h1-5,7-13,15-16,18-23,25-32,48,50H,6,14,17,24H2. The molecular weight excluding hydrogens is 633 g/mol. The van der Waals surface area contributed by atoms with E-state index in [9.17, 15) is 0 Å². The first-order valence-electron chi connectivity index (χ1n) is 18.7. The molecule has 0 spiro atoms. The van der Waals surface area contributed by atoms with E-state index in [1.165, 1.54) is 65.7 Å². The molecule has 1 N–H and O–H groups in total. The molecule has 0 radical (unpaired) electrons. The second-order valence-electron chi connectivity index (χ2n) is 14.6. The van der Waals surface area contributed by atoms with Crippen LogP contribution in [0.25, 0.3) is 60.1 Å². The van der Waals surface area contributed by atoms with E-state index in [1.807, 2.05) is 0 Å². The lowest BCUT2D eigenvalue weighted by molar-refractivity contribution is 0.477. The minimum Gasteiger partial charge on any atom is -0.358 e. The number of nitrogens with zero attached hydrogens (tertiary/aromatic N) is 3. The summed E-state index contributed by atoms with van der Waals surface area (Å²) in [5.41, 5.74) is 10.5. The third kappa shape index (κ3) is 4.50. The van der Waals surface area contributed by atoms with Crippen LogP contribution in [0.3, 0.4) is 0 Å². The second-order valence-corrected chi connectivity index (χ2v) is 14.6. The van der Waals surface area contributed by atoms with Crippen LogP contribution >= 0.6 is 0 Å². The normalized spacial score (nSPS) is 21.2. The average Bonchev–Trinajstić information content (AvgIpc) is 3.72. The molecule has 1 aliphatic heterocycles. The summed E-state index contributed by atoms with van der Waals surface area (Å²) in [7, 11) is 0. The van der Waals surface area contributed by atoms with Gasteiger partial charge in [-0.1, -0.05) is 115 Å². The van der Waals surface area contributed by atoms with Crippen molar-refractivity contribution in [1.29, 1.82) is 0 Å². The highest BCUT2D eigenvalue weighted by Gasteiger charge is 2.31. The van der Waals surface area contributed by atoms with Gasteiger partial charge in [0.05, 0.1) is 39.2 Å². The van der Waals surface area contributed by atoms with Gasteiger partial charge in [-0.05, 0) is 96.3 Å². The van der Waals surface area contributed by atoms with Crippen molar-refractivity contribution < 1.29 is 0 Å². The fraction of sp³-hybridized carbons (Fsp3) is 0.146. The molecule has 3 atom stereocenters. The van der Waals surface area contributed by atoms with Crippen molar-refractivity contribution in [3.8, 4) is 0 Å². The third-order valence-corrected chi connectivity index (χ3v) is 11.7. The zero-order valence-corrected chi connectivity index (χ0v) is 28.9. The van der Waals surface area contributed by atoms with Gasteiger partial charge in [-0.15, -0.1) is 0 Å². The van der Waals surface area contributed by atoms with E-state index in [4.69, 9.17) is 4.99 Å². The van der Waals surface area contributed by atoms with Gasteiger partial charge in [0.25, 0.3) is 0 Å². The minimum absolute atomic E-state index is 0.199. The van der Waals surface area contributed by atoms with Crippen molar-refractivity contribution in [2.75, 3.05) is 5.32 Å². The number of aromatic nitrogens is 2. The Morgan fingerprint density at radius 2 is 1.52 bits per heavy atom. The van der Waals surface area contributed by atoms with E-state index >= 15 is 0 Å². The number of rotatable bonds is 4. The van der Waals surface area contributed by atoms with Crippen LogP contribution in [0.2, 0.25) is 0 Å². The SMILES string of the molecule is C1=CCCC(n2c3cc4c(cc3c3c5ccccc5ccc32)c2ccccc2n4C2Nc3ccccc3N=C2C2=CCC(C3C=CC=CC3)C=C2)=C1. The summed E-state index contributed by atoms with van der Waals surface area (Å²) >= 11 is 0. The van der Waals surface area contributed by atoms with Crippen molar-refractivity contribution >= 4 is 77.2 Å². The monoisotopic (exact) mass is 670 g/mol. The lowest BCUT2D eigenvalue weighted by atomic mass is 9.81. The van der Waals surface area contributed by atoms with Gasteiger partial charge in [0.2, 0.25) is 0 Å². The first kappa shape index (κ1) is 29.6. The van der Waals surface area contributed by atoms with E-state index in [1.54, 1.807) is 0 Å². The molecule has 0 amide bonds. The van der Waals surface area contributed by atoms with Gasteiger partial charge in [0, 0.05) is 27.2 Å². The number of nitrogens with one attached hydrogen (secondary N) is 1. The number of fused-ring (bicyclic) bond motifs is 9. The predicted molar refractivity (Wildman–Crippen MR) is 221 cm³/mol. The zero-order valence-electron chi connectivity index (χ0n) is 28.9. The first-order valence-corrected chi connectivity index (χ1v) is 18.7. The van der Waals surface area contributed by atoms with Crippen LogP contribution < -0.4 is 5.32 Å². The Morgan fingerprint density at radius 3 is 2.38 bits per heavy atom. The molecule has 4 heteroatoms. The summed E-state index contributed by atoms with van der Waals surface area (Å²) in [6, 6.07) is 35.7. The second kappa shape index (κ2) is 11.7. The number of para-hydroxylation sites is 3. The Kier molecular flexibility index (Phi) is 6.66. The third-order valence-electron chi connectivity index (χ3n) is 11.7. The molecule has 0 saturated heterocycles. The maximum Gasteiger partial charge on any atom is 0.148 e. The van der Waals surface area contributed by atoms with E-state index < -0.39 is 0 Å². The van der Waals surface area contributed by atoms with E-state index in [2.05, 4.69) is 172 Å². The molecule has 0 saturated carbocycles. The molecule has 4 aliphatic rings. The number of anilines is 1. The van der Waals surface area contributed by atoms with E-state index in [-0.39, 0.29) is 6.17 Å². The molecule has 4 nitrogen and oxygen atoms in total. The smallest absolute Gasteiger partial charge is 0.148 e. The van der Waals surface area contributed by atoms with Gasteiger partial charge < -0.3 is 14.5 Å². The highest BCUT2D eigenvalue weighted by Crippen LogP contribution is 2.45. The summed E-state index contributed by atoms with van der Waals surface area (Å²) in [4.78, 5) is 5.45. The topological polar surface area (TPSA) is 34.2 Å². The van der Waals surface area contributed by atoms with Gasteiger partial charge in [-0.25, -0.2) is 4.99 Å². The van der Waals surface area contributed by atoms with Crippen molar-refractivity contribution in [1.82, 2.24) is 9.13 Å². The predicted octanol–water partition coefficient (Wildman–Crippen LogP) is 12.6. The summed E-state index contributed by atoms with van der Waals surface area (Å²) in [5, 5.41) is 11.7. The number of aliphatic imine (C=N–C) groups is 1. The van der Waals surface area contributed by atoms with Crippen LogP contribution in [0.1, 0.15) is 31.8 Å². The van der Waals surface area contributed by atoms with Crippen LogP contribution in [-0.2, 0) is 0 Å². The van der Waals surface area contributed by atoms with Crippen molar-refractivity contribution in [2.24, 2.45) is 16.8 Å². The van der Waals surface area contributed by atoms with Gasteiger partial charge in [0.1, 0.15) is 6.17 Å². The van der Waals surface area contributed by atoms with Crippen LogP contribution in [-0.4, -0.2) is 14.8 Å². The zero-order chi connectivity index (χ0) is 34.2. The molecule has 3 unspecified atom stereocenters. The maximum atomic E-state index is 5.45. The Balaban J connectivity index is 1.16. The van der Waals surface area contributed by atoms with Crippen molar-refractivity contribution in [3.63, 3.8) is 0 Å². The van der Waals surface area contributed by atoms with E-state index in [0.29, 0.717) is 11.8 Å². The molecule has 250 valence electrons. The van der Waals surface area contributed by atoms with Crippen LogP contribution in [0.4, 0.5) is 11.4 Å². The number of hydrogen-bond acceptors (Lipinski definition) is 2. The molecule has 5 aromatic carbocycles. The van der Waals surface area contributed by atoms with Crippen LogP contribution in [0.15, 0.2) is 168 Å². The summed E-state index contributed by atoms with van der Waals surface area (Å²) in [6.45, 7) is 0. The lowest BCUT2D eigenvalue weighted by Crippen LogP contribution is -2.31. The van der Waals surface area contributed by atoms with Gasteiger partial charge in [-0.2, -0.15) is 0 Å². The molecule has 11 rings (SSSR count). The van der Waals surface area contributed by atoms with E-state index in [0.717, 1.165) is 42.8 Å². The highest BCUT2D eigenvalue weighted by molar-refractivity contribution is 6.26. The molecule has 2 aromatic heterocycles. The highest BCUT2D eigenvalue weighted by atomic mass is 15.2. The fourth-order valence-corrected chi connectivity index (χ4v) is 9.21. The fourth-order valence-electron chi connectivity index (χ4n) is 9.21. The molecule has 7 aromatic rings. The van der Waals surface area contributed by atoms with Crippen LogP contribution in [0.5, 0.6) is 0 Å². The minimum atomic E-state index is -0.199.